The second-order valence-corrected chi connectivity index (χ2v) is 7.25. The molecule has 0 spiro atoms. The molecule has 0 aromatic heterocycles. The van der Waals surface area contributed by atoms with E-state index in [0.29, 0.717) is 11.3 Å². The van der Waals surface area contributed by atoms with Crippen LogP contribution in [0.1, 0.15) is 16.7 Å². The van der Waals surface area contributed by atoms with Gasteiger partial charge in [-0.05, 0) is 59.7 Å². The average Bonchev–Trinajstić information content (AvgIpc) is 3.07. The van der Waals surface area contributed by atoms with Gasteiger partial charge in [0.1, 0.15) is 18.2 Å². The molecule has 29 heavy (non-hydrogen) atoms. The van der Waals surface area contributed by atoms with E-state index < -0.39 is 5.97 Å². The van der Waals surface area contributed by atoms with E-state index in [1.165, 1.54) is 12.1 Å². The SMILES string of the molecule is O=C1OC(c2cccc(Br)c2)=N/C1=C\c1cccc(OCc2cccc(F)c2)c1. The Balaban J connectivity index is 1.52. The summed E-state index contributed by atoms with van der Waals surface area (Å²) in [6, 6.07) is 20.9. The number of rotatable bonds is 5. The normalized spacial score (nSPS) is 14.6. The number of hydrogen-bond acceptors (Lipinski definition) is 4. The smallest absolute Gasteiger partial charge is 0.363 e. The van der Waals surface area contributed by atoms with E-state index in [1.54, 1.807) is 30.3 Å². The maximum Gasteiger partial charge on any atom is 0.363 e. The Hall–Kier alpha value is -3.25. The van der Waals surface area contributed by atoms with Crippen molar-refractivity contribution in [3.8, 4) is 5.75 Å². The maximum absolute atomic E-state index is 13.3. The molecule has 0 saturated heterocycles. The second kappa shape index (κ2) is 8.41. The summed E-state index contributed by atoms with van der Waals surface area (Å²) in [5.41, 5.74) is 2.40. The number of cyclic esters (lactones) is 1. The third-order valence-corrected chi connectivity index (χ3v) is 4.64. The van der Waals surface area contributed by atoms with Gasteiger partial charge >= 0.3 is 5.97 Å². The van der Waals surface area contributed by atoms with Gasteiger partial charge in [0.2, 0.25) is 5.90 Å². The molecular formula is C23H15BrFNO3. The number of carbonyl (C=O) groups is 1. The summed E-state index contributed by atoms with van der Waals surface area (Å²) < 4.78 is 25.2. The molecule has 144 valence electrons. The summed E-state index contributed by atoms with van der Waals surface area (Å²) in [6.07, 6.45) is 1.64. The molecule has 3 aromatic carbocycles. The predicted molar refractivity (Wildman–Crippen MR) is 112 cm³/mol. The number of ether oxygens (including phenoxy) is 2. The van der Waals surface area contributed by atoms with Crippen molar-refractivity contribution in [2.45, 2.75) is 6.61 Å². The molecule has 0 radical (unpaired) electrons. The fourth-order valence-electron chi connectivity index (χ4n) is 2.80. The molecule has 0 saturated carbocycles. The highest BCUT2D eigenvalue weighted by Crippen LogP contribution is 2.23. The standard InChI is InChI=1S/C23H15BrFNO3/c24-18-7-3-6-17(13-18)22-26-21(23(27)29-22)12-15-4-2-9-20(11-15)28-14-16-5-1-8-19(25)10-16/h1-13H,14H2/b21-12-. The van der Waals surface area contributed by atoms with Gasteiger partial charge in [-0.15, -0.1) is 0 Å². The molecule has 4 rings (SSSR count). The number of halogens is 2. The van der Waals surface area contributed by atoms with Crippen LogP contribution in [0.3, 0.4) is 0 Å². The van der Waals surface area contributed by atoms with E-state index in [0.717, 1.165) is 15.6 Å². The van der Waals surface area contributed by atoms with Crippen LogP contribution >= 0.6 is 15.9 Å². The minimum atomic E-state index is -0.508. The topological polar surface area (TPSA) is 47.9 Å². The fourth-order valence-corrected chi connectivity index (χ4v) is 3.20. The Morgan fingerprint density at radius 2 is 1.86 bits per heavy atom. The van der Waals surface area contributed by atoms with Crippen LogP contribution in [-0.2, 0) is 16.1 Å². The summed E-state index contributed by atoms with van der Waals surface area (Å²) in [5.74, 6) is 0.0572. The van der Waals surface area contributed by atoms with E-state index in [-0.39, 0.29) is 24.0 Å². The van der Waals surface area contributed by atoms with Crippen molar-refractivity contribution < 1.29 is 18.7 Å². The zero-order valence-electron chi connectivity index (χ0n) is 15.1. The molecule has 4 nitrogen and oxygen atoms in total. The van der Waals surface area contributed by atoms with E-state index in [4.69, 9.17) is 9.47 Å². The van der Waals surface area contributed by atoms with E-state index in [1.807, 2.05) is 36.4 Å². The molecule has 0 N–H and O–H groups in total. The summed E-state index contributed by atoms with van der Waals surface area (Å²) in [6.45, 7) is 0.241. The summed E-state index contributed by atoms with van der Waals surface area (Å²) in [5, 5.41) is 0. The van der Waals surface area contributed by atoms with Crippen molar-refractivity contribution in [1.82, 2.24) is 0 Å². The highest BCUT2D eigenvalue weighted by atomic mass is 79.9. The molecular weight excluding hydrogens is 437 g/mol. The zero-order valence-corrected chi connectivity index (χ0v) is 16.7. The first-order valence-corrected chi connectivity index (χ1v) is 9.62. The monoisotopic (exact) mass is 451 g/mol. The summed E-state index contributed by atoms with van der Waals surface area (Å²) in [4.78, 5) is 16.5. The van der Waals surface area contributed by atoms with Gasteiger partial charge in [0.25, 0.3) is 0 Å². The Kier molecular flexibility index (Phi) is 5.53. The van der Waals surface area contributed by atoms with Gasteiger partial charge in [0, 0.05) is 10.0 Å². The van der Waals surface area contributed by atoms with Crippen molar-refractivity contribution in [3.63, 3.8) is 0 Å². The number of aliphatic imine (C=N–C) groups is 1. The Bertz CT molecular complexity index is 1140. The Morgan fingerprint density at radius 3 is 2.69 bits per heavy atom. The largest absolute Gasteiger partial charge is 0.489 e. The van der Waals surface area contributed by atoms with Crippen molar-refractivity contribution >= 4 is 33.9 Å². The summed E-state index contributed by atoms with van der Waals surface area (Å²) in [7, 11) is 0. The van der Waals surface area contributed by atoms with Gasteiger partial charge in [-0.3, -0.25) is 0 Å². The highest BCUT2D eigenvalue weighted by molar-refractivity contribution is 9.10. The quantitative estimate of drug-likeness (QED) is 0.379. The first-order chi connectivity index (χ1) is 14.1. The first kappa shape index (κ1) is 19.1. The van der Waals surface area contributed by atoms with Crippen LogP contribution in [0.25, 0.3) is 6.08 Å². The van der Waals surface area contributed by atoms with Gasteiger partial charge in [0.05, 0.1) is 0 Å². The van der Waals surface area contributed by atoms with Gasteiger partial charge in [-0.2, -0.15) is 0 Å². The number of nitrogens with zero attached hydrogens (tertiary/aromatic N) is 1. The summed E-state index contributed by atoms with van der Waals surface area (Å²) >= 11 is 3.39. The molecule has 6 heteroatoms. The molecule has 3 aromatic rings. The van der Waals surface area contributed by atoms with Crippen LogP contribution in [0.2, 0.25) is 0 Å². The molecule has 0 bridgehead atoms. The third-order valence-electron chi connectivity index (χ3n) is 4.15. The van der Waals surface area contributed by atoms with E-state index >= 15 is 0 Å². The minimum absolute atomic E-state index is 0.210. The average molecular weight is 452 g/mol. The fraction of sp³-hybridized carbons (Fsp3) is 0.0435. The zero-order chi connectivity index (χ0) is 20.2. The van der Waals surface area contributed by atoms with Crippen LogP contribution in [0.5, 0.6) is 5.75 Å². The number of benzene rings is 3. The van der Waals surface area contributed by atoms with E-state index in [2.05, 4.69) is 20.9 Å². The highest BCUT2D eigenvalue weighted by Gasteiger charge is 2.24. The van der Waals surface area contributed by atoms with Crippen LogP contribution in [-0.4, -0.2) is 11.9 Å². The lowest BCUT2D eigenvalue weighted by Gasteiger charge is -2.07. The van der Waals surface area contributed by atoms with Gasteiger partial charge in [-0.1, -0.05) is 46.3 Å². The van der Waals surface area contributed by atoms with Crippen molar-refractivity contribution in [2.24, 2.45) is 4.99 Å². The van der Waals surface area contributed by atoms with Crippen molar-refractivity contribution in [1.29, 1.82) is 0 Å². The Labute approximate surface area is 175 Å². The van der Waals surface area contributed by atoms with Crippen molar-refractivity contribution in [3.05, 3.63) is 105 Å². The maximum atomic E-state index is 13.3. The Morgan fingerprint density at radius 1 is 1.03 bits per heavy atom. The molecule has 1 heterocycles. The lowest BCUT2D eigenvalue weighted by atomic mass is 10.2. The molecule has 0 unspecified atom stereocenters. The number of esters is 1. The number of carbonyl (C=O) groups excluding carboxylic acids is 1. The second-order valence-electron chi connectivity index (χ2n) is 6.34. The van der Waals surface area contributed by atoms with Crippen LogP contribution < -0.4 is 4.74 Å². The molecule has 0 fully saturated rings. The van der Waals surface area contributed by atoms with Gasteiger partial charge in [0.15, 0.2) is 5.70 Å². The third kappa shape index (κ3) is 4.78. The number of hydrogen-bond donors (Lipinski definition) is 0. The molecule has 0 amide bonds. The molecule has 1 aliphatic heterocycles. The predicted octanol–water partition coefficient (Wildman–Crippen LogP) is 5.51. The lowest BCUT2D eigenvalue weighted by molar-refractivity contribution is -0.129. The minimum Gasteiger partial charge on any atom is -0.489 e. The molecule has 1 aliphatic rings. The van der Waals surface area contributed by atoms with Crippen molar-refractivity contribution in [2.75, 3.05) is 0 Å². The lowest BCUT2D eigenvalue weighted by Crippen LogP contribution is -2.05. The van der Waals surface area contributed by atoms with Crippen LogP contribution in [0, 0.1) is 5.82 Å². The molecule has 0 atom stereocenters. The van der Waals surface area contributed by atoms with Gasteiger partial charge < -0.3 is 9.47 Å². The van der Waals surface area contributed by atoms with Crippen LogP contribution in [0.4, 0.5) is 4.39 Å². The van der Waals surface area contributed by atoms with E-state index in [9.17, 15) is 9.18 Å². The first-order valence-electron chi connectivity index (χ1n) is 8.83. The van der Waals surface area contributed by atoms with Crippen LogP contribution in [0.15, 0.2) is 88.0 Å². The molecule has 0 aliphatic carbocycles. The van der Waals surface area contributed by atoms with Gasteiger partial charge in [-0.25, -0.2) is 14.2 Å².